The minimum atomic E-state index is -1.06. The number of aliphatic carboxylic acids is 1. The molecule has 0 spiro atoms. The number of benzene rings is 1. The Bertz CT molecular complexity index is 878. The number of carbonyl (C=O) groups excluding carboxylic acids is 1. The predicted molar refractivity (Wildman–Crippen MR) is 95.0 cm³/mol. The Morgan fingerprint density at radius 2 is 2.12 bits per heavy atom. The number of non-ortho nitro benzene ring substituents is 1. The molecule has 2 aromatic rings. The Balaban J connectivity index is 1.91. The quantitative estimate of drug-likeness (QED) is 0.617. The molecule has 0 bridgehead atoms. The molecular weight excluding hydrogens is 358 g/mol. The molecule has 1 aromatic heterocycles. The summed E-state index contributed by atoms with van der Waals surface area (Å²) in [5.74, 6) is -1.48. The molecule has 0 unspecified atom stereocenters. The molecule has 2 heterocycles. The van der Waals surface area contributed by atoms with Crippen LogP contribution in [-0.2, 0) is 9.59 Å². The number of hydrogen-bond acceptors (Lipinski definition) is 6. The van der Waals surface area contributed by atoms with Gasteiger partial charge in [0, 0.05) is 25.0 Å². The average Bonchev–Trinajstić information content (AvgIpc) is 3.29. The molecule has 9 heteroatoms. The van der Waals surface area contributed by atoms with Crippen molar-refractivity contribution in [3.05, 3.63) is 62.3 Å². The van der Waals surface area contributed by atoms with E-state index < -0.39 is 22.8 Å². The van der Waals surface area contributed by atoms with Crippen LogP contribution in [0.3, 0.4) is 0 Å². The molecule has 0 fully saturated rings. The minimum absolute atomic E-state index is 0.0648. The number of hydrogen-bond donors (Lipinski definition) is 1. The molecular formula is C17H15N3O5S. The Kier molecular flexibility index (Phi) is 5.08. The number of carbonyl (C=O) groups is 2. The largest absolute Gasteiger partial charge is 0.481 e. The van der Waals surface area contributed by atoms with Gasteiger partial charge < -0.3 is 5.11 Å². The second-order valence-electron chi connectivity index (χ2n) is 5.73. The Labute approximate surface area is 152 Å². The molecule has 0 saturated heterocycles. The van der Waals surface area contributed by atoms with Gasteiger partial charge in [-0.2, -0.15) is 5.10 Å². The molecule has 1 aliphatic heterocycles. The zero-order chi connectivity index (χ0) is 18.7. The van der Waals surface area contributed by atoms with Crippen LogP contribution in [0, 0.1) is 10.1 Å². The predicted octanol–water partition coefficient (Wildman–Crippen LogP) is 3.20. The van der Waals surface area contributed by atoms with E-state index >= 15 is 0 Å². The van der Waals surface area contributed by atoms with E-state index in [0.29, 0.717) is 17.7 Å². The fourth-order valence-corrected chi connectivity index (χ4v) is 3.49. The summed E-state index contributed by atoms with van der Waals surface area (Å²) in [6.07, 6.45) is -0.0523. The van der Waals surface area contributed by atoms with Gasteiger partial charge in [-0.25, -0.2) is 5.01 Å². The first-order valence-corrected chi connectivity index (χ1v) is 8.73. The Morgan fingerprint density at radius 3 is 2.77 bits per heavy atom. The van der Waals surface area contributed by atoms with Gasteiger partial charge in [0.15, 0.2) is 0 Å². The van der Waals surface area contributed by atoms with Crippen molar-refractivity contribution in [2.75, 3.05) is 0 Å². The molecule has 134 valence electrons. The van der Waals surface area contributed by atoms with E-state index in [1.807, 2.05) is 17.5 Å². The highest BCUT2D eigenvalue weighted by Gasteiger charge is 2.34. The first-order chi connectivity index (χ1) is 12.5. The highest BCUT2D eigenvalue weighted by molar-refractivity contribution is 7.12. The smallest absolute Gasteiger partial charge is 0.303 e. The fraction of sp³-hybridized carbons (Fsp3) is 0.235. The maximum Gasteiger partial charge on any atom is 0.303 e. The fourth-order valence-electron chi connectivity index (χ4n) is 2.77. The number of amides is 1. The number of rotatable bonds is 6. The monoisotopic (exact) mass is 373 g/mol. The lowest BCUT2D eigenvalue weighted by atomic mass is 10.0. The maximum absolute atomic E-state index is 12.5. The van der Waals surface area contributed by atoms with Crippen molar-refractivity contribution in [3.8, 4) is 0 Å². The van der Waals surface area contributed by atoms with Crippen molar-refractivity contribution in [3.63, 3.8) is 0 Å². The highest BCUT2D eigenvalue weighted by atomic mass is 32.1. The third-order valence-corrected chi connectivity index (χ3v) is 4.91. The number of thiophene rings is 1. The van der Waals surface area contributed by atoms with E-state index in [1.54, 1.807) is 12.1 Å². The van der Waals surface area contributed by atoms with Crippen LogP contribution in [-0.4, -0.2) is 32.6 Å². The molecule has 1 N–H and O–H groups in total. The van der Waals surface area contributed by atoms with Crippen molar-refractivity contribution in [2.24, 2.45) is 5.10 Å². The van der Waals surface area contributed by atoms with Gasteiger partial charge in [0.2, 0.25) is 5.91 Å². The normalized spacial score (nSPS) is 16.4. The van der Waals surface area contributed by atoms with Crippen LogP contribution in [0.25, 0.3) is 0 Å². The van der Waals surface area contributed by atoms with Crippen LogP contribution < -0.4 is 0 Å². The summed E-state index contributed by atoms with van der Waals surface area (Å²) in [6.45, 7) is 0. The van der Waals surface area contributed by atoms with E-state index in [2.05, 4.69) is 5.10 Å². The molecule has 1 amide bonds. The lowest BCUT2D eigenvalue weighted by Crippen LogP contribution is -2.27. The zero-order valence-electron chi connectivity index (χ0n) is 13.6. The van der Waals surface area contributed by atoms with Gasteiger partial charge in [-0.05, 0) is 17.0 Å². The number of nitro benzene ring substituents is 1. The second kappa shape index (κ2) is 7.44. The van der Waals surface area contributed by atoms with Crippen LogP contribution in [0.15, 0.2) is 46.9 Å². The minimum Gasteiger partial charge on any atom is -0.481 e. The summed E-state index contributed by atoms with van der Waals surface area (Å²) in [6, 6.07) is 9.36. The van der Waals surface area contributed by atoms with Gasteiger partial charge in [-0.15, -0.1) is 11.3 Å². The molecule has 1 aliphatic rings. The highest BCUT2D eigenvalue weighted by Crippen LogP contribution is 2.35. The number of nitrogens with zero attached hydrogens (tertiary/aromatic N) is 3. The molecule has 0 radical (unpaired) electrons. The summed E-state index contributed by atoms with van der Waals surface area (Å²) < 4.78 is 0. The van der Waals surface area contributed by atoms with Gasteiger partial charge in [0.1, 0.15) is 0 Å². The molecule has 8 nitrogen and oxygen atoms in total. The molecule has 0 saturated carbocycles. The van der Waals surface area contributed by atoms with Crippen molar-refractivity contribution in [2.45, 2.75) is 25.3 Å². The van der Waals surface area contributed by atoms with E-state index in [0.717, 1.165) is 4.88 Å². The van der Waals surface area contributed by atoms with Gasteiger partial charge >= 0.3 is 5.97 Å². The van der Waals surface area contributed by atoms with Crippen molar-refractivity contribution < 1.29 is 19.6 Å². The lowest BCUT2D eigenvalue weighted by molar-refractivity contribution is -0.385. The van der Waals surface area contributed by atoms with Crippen molar-refractivity contribution >= 4 is 34.6 Å². The first-order valence-electron chi connectivity index (χ1n) is 7.85. The van der Waals surface area contributed by atoms with Crippen LogP contribution in [0.2, 0.25) is 0 Å². The standard InChI is InChI=1S/C17H15N3O5S/c21-16(6-7-17(22)23)19-14(10-13(18-19)15-5-2-8-26-15)11-3-1-4-12(9-11)20(24)25/h1-5,8-9,14H,6-7,10H2,(H,22,23)/t14-/m0/s1. The van der Waals surface area contributed by atoms with Crippen LogP contribution >= 0.6 is 11.3 Å². The van der Waals surface area contributed by atoms with Gasteiger partial charge in [0.25, 0.3) is 5.69 Å². The topological polar surface area (TPSA) is 113 Å². The number of hydrazone groups is 1. The summed E-state index contributed by atoms with van der Waals surface area (Å²) in [5.41, 5.74) is 1.24. The van der Waals surface area contributed by atoms with Crippen molar-refractivity contribution in [1.82, 2.24) is 5.01 Å². The first kappa shape index (κ1) is 17.7. The van der Waals surface area contributed by atoms with Crippen LogP contribution in [0.4, 0.5) is 5.69 Å². The summed E-state index contributed by atoms with van der Waals surface area (Å²) >= 11 is 1.49. The molecule has 1 aromatic carbocycles. The molecule has 0 aliphatic carbocycles. The zero-order valence-corrected chi connectivity index (χ0v) is 14.4. The van der Waals surface area contributed by atoms with E-state index in [-0.39, 0.29) is 18.5 Å². The molecule has 1 atom stereocenters. The maximum atomic E-state index is 12.5. The third-order valence-electron chi connectivity index (χ3n) is 3.99. The molecule has 3 rings (SSSR count). The average molecular weight is 373 g/mol. The van der Waals surface area contributed by atoms with Gasteiger partial charge in [-0.3, -0.25) is 19.7 Å². The summed E-state index contributed by atoms with van der Waals surface area (Å²) in [4.78, 5) is 34.7. The number of carboxylic acid groups (broad SMARTS) is 1. The van der Waals surface area contributed by atoms with Gasteiger partial charge in [0.05, 0.1) is 28.0 Å². The summed E-state index contributed by atoms with van der Waals surface area (Å²) in [7, 11) is 0. The third kappa shape index (κ3) is 3.77. The van der Waals surface area contributed by atoms with Crippen LogP contribution in [0.5, 0.6) is 0 Å². The lowest BCUT2D eigenvalue weighted by Gasteiger charge is -2.21. The Hall–Kier alpha value is -3.07. The SMILES string of the molecule is O=C(O)CCC(=O)N1N=C(c2cccs2)C[C@H]1c1cccc([N+](=O)[O-])c1. The number of nitro groups is 1. The van der Waals surface area contributed by atoms with E-state index in [1.165, 1.54) is 28.5 Å². The molecule has 26 heavy (non-hydrogen) atoms. The van der Waals surface area contributed by atoms with Gasteiger partial charge in [-0.1, -0.05) is 18.2 Å². The van der Waals surface area contributed by atoms with Crippen LogP contribution in [0.1, 0.15) is 35.7 Å². The van der Waals surface area contributed by atoms with E-state index in [9.17, 15) is 19.7 Å². The van der Waals surface area contributed by atoms with Crippen molar-refractivity contribution in [1.29, 1.82) is 0 Å². The Morgan fingerprint density at radius 1 is 1.31 bits per heavy atom. The second-order valence-corrected chi connectivity index (χ2v) is 6.68. The van der Waals surface area contributed by atoms with E-state index in [4.69, 9.17) is 5.11 Å². The number of carboxylic acids is 1. The summed E-state index contributed by atoms with van der Waals surface area (Å²) in [5, 5.41) is 27.4.